The van der Waals surface area contributed by atoms with Crippen molar-refractivity contribution in [3.63, 3.8) is 0 Å². The monoisotopic (exact) mass is 554 g/mol. The highest BCUT2D eigenvalue weighted by Crippen LogP contribution is 2.65. The molecule has 3 unspecified atom stereocenters. The molecule has 2 amide bonds. The highest BCUT2D eigenvalue weighted by Gasteiger charge is 2.80. The van der Waals surface area contributed by atoms with Crippen LogP contribution in [-0.2, 0) is 23.9 Å². The molecule has 0 aliphatic carbocycles. The van der Waals surface area contributed by atoms with Crippen molar-refractivity contribution in [1.82, 2.24) is 4.90 Å². The van der Waals surface area contributed by atoms with Crippen LogP contribution in [0.5, 0.6) is 5.75 Å². The van der Waals surface area contributed by atoms with Crippen LogP contribution in [-0.4, -0.2) is 78.4 Å². The molecule has 3 aliphatic heterocycles. The molecule has 0 aromatic heterocycles. The second-order valence-electron chi connectivity index (χ2n) is 11.2. The standard InChI is InChI=1S/C31H42N2O7/c1-6-16-32(22-12-14-23(38-5)15-13-22)28(36)26-31-20-21(3)30(4,40-31)25(29(37)39-19-7-2)24(31)27(35)33(26)17-10-8-9-11-18-34/h6-7,12-15,21,24-26,34H,1-2,8-11,16-20H2,3-5H3/t21?,24-,25-,26?,30+,31?/m0/s1. The number of benzene rings is 1. The van der Waals surface area contributed by atoms with Crippen molar-refractivity contribution >= 4 is 23.5 Å². The maximum absolute atomic E-state index is 14.6. The van der Waals surface area contributed by atoms with E-state index in [4.69, 9.17) is 19.3 Å². The summed E-state index contributed by atoms with van der Waals surface area (Å²) in [4.78, 5) is 45.4. The van der Waals surface area contributed by atoms with Gasteiger partial charge in [0.05, 0.1) is 18.6 Å². The zero-order valence-electron chi connectivity index (χ0n) is 23.8. The molecule has 218 valence electrons. The van der Waals surface area contributed by atoms with E-state index in [0.29, 0.717) is 37.2 Å². The summed E-state index contributed by atoms with van der Waals surface area (Å²) in [6.07, 6.45) is 6.61. The first-order valence-corrected chi connectivity index (χ1v) is 14.2. The first-order valence-electron chi connectivity index (χ1n) is 14.2. The number of hydrogen-bond donors (Lipinski definition) is 1. The molecule has 0 radical (unpaired) electrons. The van der Waals surface area contributed by atoms with Gasteiger partial charge in [0.1, 0.15) is 29.9 Å². The molecule has 2 bridgehead atoms. The molecule has 3 fully saturated rings. The van der Waals surface area contributed by atoms with Gasteiger partial charge in [-0.05, 0) is 56.4 Å². The van der Waals surface area contributed by atoms with Gasteiger partial charge in [0.15, 0.2) is 0 Å². The number of unbranched alkanes of at least 4 members (excludes halogenated alkanes) is 3. The van der Waals surface area contributed by atoms with E-state index in [-0.39, 0.29) is 37.5 Å². The number of anilines is 1. The number of fused-ring (bicyclic) bond motifs is 1. The average Bonchev–Trinajstić information content (AvgIpc) is 3.46. The number of aliphatic hydroxyl groups is 1. The van der Waals surface area contributed by atoms with Crippen LogP contribution in [0.3, 0.4) is 0 Å². The van der Waals surface area contributed by atoms with Crippen molar-refractivity contribution < 1.29 is 33.7 Å². The molecule has 1 aromatic carbocycles. The lowest BCUT2D eigenvalue weighted by atomic mass is 9.62. The summed E-state index contributed by atoms with van der Waals surface area (Å²) in [5.74, 6) is -2.08. The zero-order valence-corrected chi connectivity index (χ0v) is 23.8. The molecule has 3 aliphatic rings. The first-order chi connectivity index (χ1) is 19.2. The molecule has 0 saturated carbocycles. The van der Waals surface area contributed by atoms with Crippen molar-refractivity contribution in [3.8, 4) is 5.75 Å². The van der Waals surface area contributed by atoms with E-state index in [1.165, 1.54) is 6.08 Å². The number of amides is 2. The Morgan fingerprint density at radius 2 is 1.88 bits per heavy atom. The third kappa shape index (κ3) is 4.94. The molecule has 1 spiro atoms. The average molecular weight is 555 g/mol. The molecule has 1 N–H and O–H groups in total. The summed E-state index contributed by atoms with van der Waals surface area (Å²) >= 11 is 0. The molecule has 9 nitrogen and oxygen atoms in total. The molecule has 40 heavy (non-hydrogen) atoms. The number of carbonyl (C=O) groups is 3. The quantitative estimate of drug-likeness (QED) is 0.213. The van der Waals surface area contributed by atoms with E-state index in [2.05, 4.69) is 13.2 Å². The van der Waals surface area contributed by atoms with Crippen LogP contribution in [0.2, 0.25) is 0 Å². The van der Waals surface area contributed by atoms with Gasteiger partial charge in [-0.3, -0.25) is 14.4 Å². The summed E-state index contributed by atoms with van der Waals surface area (Å²) in [6, 6.07) is 6.26. The summed E-state index contributed by atoms with van der Waals surface area (Å²) < 4.78 is 17.5. The minimum Gasteiger partial charge on any atom is -0.497 e. The van der Waals surface area contributed by atoms with Crippen LogP contribution in [0, 0.1) is 17.8 Å². The maximum atomic E-state index is 14.6. The number of aliphatic hydroxyl groups excluding tert-OH is 1. The fourth-order valence-electron chi connectivity index (χ4n) is 6.96. The lowest BCUT2D eigenvalue weighted by molar-refractivity contribution is -0.160. The van der Waals surface area contributed by atoms with Crippen LogP contribution in [0.15, 0.2) is 49.6 Å². The van der Waals surface area contributed by atoms with Gasteiger partial charge in [0.25, 0.3) is 5.91 Å². The van der Waals surface area contributed by atoms with Crippen LogP contribution in [0.1, 0.15) is 46.0 Å². The van der Waals surface area contributed by atoms with Gasteiger partial charge in [0, 0.05) is 25.4 Å². The SMILES string of the molecule is C=CCOC(=O)[C@@H]1[C@H]2C(=O)N(CCCCCCO)C(C(=O)N(CC=C)c3ccc(OC)cc3)C23CC(C)[C@@]1(C)O3. The van der Waals surface area contributed by atoms with Gasteiger partial charge >= 0.3 is 5.97 Å². The minimum atomic E-state index is -1.16. The van der Waals surface area contributed by atoms with Gasteiger partial charge < -0.3 is 29.1 Å². The van der Waals surface area contributed by atoms with Crippen LogP contribution >= 0.6 is 0 Å². The fourth-order valence-corrected chi connectivity index (χ4v) is 6.96. The van der Waals surface area contributed by atoms with Gasteiger partial charge in [-0.15, -0.1) is 6.58 Å². The number of ether oxygens (including phenoxy) is 3. The predicted molar refractivity (Wildman–Crippen MR) is 151 cm³/mol. The van der Waals surface area contributed by atoms with E-state index in [9.17, 15) is 14.4 Å². The van der Waals surface area contributed by atoms with E-state index in [0.717, 1.165) is 12.8 Å². The third-order valence-electron chi connectivity index (χ3n) is 8.91. The molecule has 3 heterocycles. The molecule has 1 aromatic rings. The second-order valence-corrected chi connectivity index (χ2v) is 11.2. The third-order valence-corrected chi connectivity index (χ3v) is 8.91. The Balaban J connectivity index is 1.75. The van der Waals surface area contributed by atoms with E-state index in [1.807, 2.05) is 13.8 Å². The van der Waals surface area contributed by atoms with Crippen LogP contribution in [0.4, 0.5) is 5.69 Å². The number of nitrogens with zero attached hydrogens (tertiary/aromatic N) is 2. The lowest BCUT2D eigenvalue weighted by Gasteiger charge is -2.37. The Bertz CT molecular complexity index is 1120. The Morgan fingerprint density at radius 1 is 1.18 bits per heavy atom. The van der Waals surface area contributed by atoms with Crippen LogP contribution < -0.4 is 9.64 Å². The molecule has 6 atom stereocenters. The Morgan fingerprint density at radius 3 is 2.50 bits per heavy atom. The number of esters is 1. The van der Waals surface area contributed by atoms with E-state index in [1.54, 1.807) is 47.3 Å². The van der Waals surface area contributed by atoms with Gasteiger partial charge in [-0.25, -0.2) is 0 Å². The Kier molecular flexibility index (Phi) is 9.05. The second kappa shape index (κ2) is 12.1. The number of carbonyl (C=O) groups excluding carboxylic acids is 3. The topological polar surface area (TPSA) is 106 Å². The van der Waals surface area contributed by atoms with Gasteiger partial charge in [-0.1, -0.05) is 38.5 Å². The number of likely N-dealkylation sites (tertiary alicyclic amines) is 1. The van der Waals surface area contributed by atoms with Crippen LogP contribution in [0.25, 0.3) is 0 Å². The van der Waals surface area contributed by atoms with Crippen molar-refractivity contribution in [1.29, 1.82) is 0 Å². The van der Waals surface area contributed by atoms with E-state index < -0.39 is 35.0 Å². The minimum absolute atomic E-state index is 0.0369. The largest absolute Gasteiger partial charge is 0.497 e. The van der Waals surface area contributed by atoms with Gasteiger partial charge in [0.2, 0.25) is 5.91 Å². The van der Waals surface area contributed by atoms with Crippen molar-refractivity contribution in [2.45, 2.75) is 63.2 Å². The summed E-state index contributed by atoms with van der Waals surface area (Å²) in [5, 5.41) is 9.16. The van der Waals surface area contributed by atoms with Crippen molar-refractivity contribution in [2.75, 3.05) is 38.3 Å². The number of rotatable bonds is 14. The summed E-state index contributed by atoms with van der Waals surface area (Å²) in [6.45, 7) is 12.1. The predicted octanol–water partition coefficient (Wildman–Crippen LogP) is 3.51. The van der Waals surface area contributed by atoms with Crippen molar-refractivity contribution in [2.24, 2.45) is 17.8 Å². The van der Waals surface area contributed by atoms with E-state index >= 15 is 0 Å². The first kappa shape index (κ1) is 29.8. The lowest BCUT2D eigenvalue weighted by Crippen LogP contribution is -2.57. The van der Waals surface area contributed by atoms with Gasteiger partial charge in [-0.2, -0.15) is 0 Å². The van der Waals surface area contributed by atoms with Crippen molar-refractivity contribution in [3.05, 3.63) is 49.6 Å². The fraction of sp³-hybridized carbons (Fsp3) is 0.581. The molecule has 3 saturated heterocycles. The summed E-state index contributed by atoms with van der Waals surface area (Å²) in [5.41, 5.74) is -1.44. The zero-order chi connectivity index (χ0) is 29.1. The molecule has 4 rings (SSSR count). The highest BCUT2D eigenvalue weighted by molar-refractivity contribution is 6.04. The number of hydrogen-bond acceptors (Lipinski definition) is 7. The summed E-state index contributed by atoms with van der Waals surface area (Å²) in [7, 11) is 1.58. The smallest absolute Gasteiger partial charge is 0.313 e. The maximum Gasteiger partial charge on any atom is 0.313 e. The molecular formula is C31H42N2O7. The normalized spacial score (nSPS) is 30.2. The highest BCUT2D eigenvalue weighted by atomic mass is 16.6. The molecule has 9 heteroatoms. The Labute approximate surface area is 236 Å². The molecular weight excluding hydrogens is 512 g/mol. The number of methoxy groups -OCH3 is 1. The Hall–Kier alpha value is -3.17.